The zero-order valence-electron chi connectivity index (χ0n) is 35.0. The Morgan fingerprint density at radius 2 is 1.02 bits per heavy atom. The Morgan fingerprint density at radius 1 is 0.559 bits per heavy atom. The summed E-state index contributed by atoms with van der Waals surface area (Å²) in [6.45, 7) is 0.727. The van der Waals surface area contributed by atoms with Gasteiger partial charge in [-0.2, -0.15) is 0 Å². The molecule has 8 aliphatic rings. The fourth-order valence-corrected chi connectivity index (χ4v) is 13.1. The van der Waals surface area contributed by atoms with E-state index in [-0.39, 0.29) is 5.91 Å². The van der Waals surface area contributed by atoms with Gasteiger partial charge in [-0.3, -0.25) is 9.69 Å². The second-order valence-electron chi connectivity index (χ2n) is 19.2. The molecule has 9 nitrogen and oxygen atoms in total. The molecule has 2 aromatic rings. The fourth-order valence-electron chi connectivity index (χ4n) is 13.1. The minimum atomic E-state index is -0.774. The predicted molar refractivity (Wildman–Crippen MR) is 226 cm³/mol. The van der Waals surface area contributed by atoms with Crippen LogP contribution in [0.15, 0.2) is 66.7 Å². The van der Waals surface area contributed by atoms with Gasteiger partial charge in [-0.25, -0.2) is 4.79 Å². The molecule has 0 aromatic heterocycles. The predicted octanol–water partition coefficient (Wildman–Crippen LogP) is 10.2. The number of cyclic esters (lactones) is 1. The quantitative estimate of drug-likeness (QED) is 0.221. The topological polar surface area (TPSA) is 86.8 Å². The first kappa shape index (κ1) is 39.9. The Labute approximate surface area is 351 Å². The molecule has 2 aromatic carbocycles. The molecule has 4 saturated carbocycles. The molecular weight excluding hydrogens is 741 g/mol. The Hall–Kier alpha value is -3.24. The Bertz CT molecular complexity index is 1730. The van der Waals surface area contributed by atoms with Crippen molar-refractivity contribution in [1.29, 1.82) is 0 Å². The van der Waals surface area contributed by atoms with Crippen molar-refractivity contribution in [2.45, 2.75) is 176 Å². The number of rotatable bonds is 10. The number of nitrogens with zero attached hydrogens (tertiary/aromatic N) is 2. The van der Waals surface area contributed by atoms with Crippen molar-refractivity contribution in [1.82, 2.24) is 4.90 Å². The lowest BCUT2D eigenvalue weighted by Gasteiger charge is -2.50. The molecular formula is C50H66N2O7. The van der Waals surface area contributed by atoms with Gasteiger partial charge in [-0.05, 0) is 69.1 Å². The van der Waals surface area contributed by atoms with Crippen LogP contribution in [0.25, 0.3) is 6.08 Å². The highest BCUT2D eigenvalue weighted by Crippen LogP contribution is 2.54. The molecule has 0 unspecified atom stereocenters. The molecule has 8 fully saturated rings. The minimum Gasteiger partial charge on any atom is -0.441 e. The lowest BCUT2D eigenvalue weighted by Crippen LogP contribution is -2.73. The van der Waals surface area contributed by atoms with Crippen LogP contribution in [0.1, 0.15) is 134 Å². The molecule has 4 aliphatic carbocycles. The molecule has 0 N–H and O–H groups in total. The summed E-state index contributed by atoms with van der Waals surface area (Å²) in [6.07, 6.45) is 25.4. The van der Waals surface area contributed by atoms with Crippen molar-refractivity contribution in [3.63, 3.8) is 0 Å². The van der Waals surface area contributed by atoms with E-state index in [0.717, 1.165) is 62.6 Å². The molecule has 59 heavy (non-hydrogen) atoms. The molecule has 4 heterocycles. The first-order valence-electron chi connectivity index (χ1n) is 23.8. The van der Waals surface area contributed by atoms with Crippen LogP contribution in [0.4, 0.5) is 10.5 Å². The number of benzene rings is 2. The van der Waals surface area contributed by atoms with E-state index in [1.807, 2.05) is 53.4 Å². The molecule has 10 rings (SSSR count). The Morgan fingerprint density at radius 3 is 1.53 bits per heavy atom. The van der Waals surface area contributed by atoms with Gasteiger partial charge in [0.15, 0.2) is 17.7 Å². The highest BCUT2D eigenvalue weighted by atomic mass is 16.8. The van der Waals surface area contributed by atoms with Crippen LogP contribution in [-0.2, 0) is 28.5 Å². The standard InChI is InChI=1S/C50H66N2O7/c53-47-44(41(32-31-35-19-7-1-8-20-35)51(47)40-29-17-6-18-30-40)52-45(42-33-55-49(58-42,36-21-9-2-10-22-36)37-23-11-3-12-24-37)46(57-48(52)54)43-34-56-50(59-43,38-25-13-4-14-26-38)39-27-15-5-16-28-39/h1,6-8,17-20,29-32,36-39,41-46H,2-5,9-16,21-28,33-34H2/b32-31+/t41-,42-,43-,44+,45-,46-/m1/s1. The summed E-state index contributed by atoms with van der Waals surface area (Å²) in [5, 5.41) is 0. The normalized spacial score (nSPS) is 33.8. The van der Waals surface area contributed by atoms with Crippen LogP contribution in [0.5, 0.6) is 0 Å². The molecule has 0 radical (unpaired) electrons. The SMILES string of the molecule is O=C1[C@@H](N2C(=O)O[C@H]([C@H]3COC(C4CCCCC4)(C4CCCCC4)O3)[C@H]2[C@H]2COC(C3CCCCC3)(C3CCCCC3)O2)[C@@H](/C=C/c2ccccc2)N1c1ccccc1. The number of carbonyl (C=O) groups excluding carboxylic acids is 2. The van der Waals surface area contributed by atoms with Crippen molar-refractivity contribution in [2.75, 3.05) is 18.1 Å². The number of β-lactam (4-membered cyclic amide) rings is 1. The van der Waals surface area contributed by atoms with Crippen molar-refractivity contribution in [2.24, 2.45) is 23.7 Å². The number of hydrogen-bond donors (Lipinski definition) is 0. The van der Waals surface area contributed by atoms with Gasteiger partial charge < -0.3 is 28.6 Å². The molecule has 318 valence electrons. The minimum absolute atomic E-state index is 0.117. The molecule has 4 aliphatic heterocycles. The summed E-state index contributed by atoms with van der Waals surface area (Å²) in [6, 6.07) is 18.2. The molecule has 0 bridgehead atoms. The van der Waals surface area contributed by atoms with Crippen LogP contribution >= 0.6 is 0 Å². The lowest BCUT2D eigenvalue weighted by atomic mass is 9.72. The number of carbonyl (C=O) groups is 2. The summed E-state index contributed by atoms with van der Waals surface area (Å²) in [5.41, 5.74) is 1.84. The maximum absolute atomic E-state index is 14.8. The summed E-state index contributed by atoms with van der Waals surface area (Å²) < 4.78 is 35.8. The molecule has 9 heteroatoms. The Balaban J connectivity index is 1.02. The van der Waals surface area contributed by atoms with Gasteiger partial charge in [0.1, 0.15) is 24.3 Å². The fraction of sp³-hybridized carbons (Fsp3) is 0.680. The average molecular weight is 807 g/mol. The van der Waals surface area contributed by atoms with E-state index >= 15 is 0 Å². The smallest absolute Gasteiger partial charge is 0.411 e. The highest BCUT2D eigenvalue weighted by Gasteiger charge is 2.66. The van der Waals surface area contributed by atoms with Crippen molar-refractivity contribution in [3.8, 4) is 0 Å². The van der Waals surface area contributed by atoms with Gasteiger partial charge in [0.25, 0.3) is 5.91 Å². The molecule has 0 spiro atoms. The third kappa shape index (κ3) is 7.38. The zero-order valence-corrected chi connectivity index (χ0v) is 35.0. The van der Waals surface area contributed by atoms with Crippen LogP contribution in [0.2, 0.25) is 0 Å². The van der Waals surface area contributed by atoms with Crippen LogP contribution in [0, 0.1) is 23.7 Å². The number of hydrogen-bond acceptors (Lipinski definition) is 7. The van der Waals surface area contributed by atoms with Crippen molar-refractivity contribution >= 4 is 23.8 Å². The second kappa shape index (κ2) is 17.3. The van der Waals surface area contributed by atoms with E-state index in [2.05, 4.69) is 24.3 Å². The first-order valence-corrected chi connectivity index (χ1v) is 23.8. The number of ether oxygens (including phenoxy) is 5. The van der Waals surface area contributed by atoms with Crippen LogP contribution in [0.3, 0.4) is 0 Å². The van der Waals surface area contributed by atoms with Gasteiger partial charge >= 0.3 is 6.09 Å². The Kier molecular flexibility index (Phi) is 11.7. The van der Waals surface area contributed by atoms with E-state index in [1.165, 1.54) is 77.0 Å². The largest absolute Gasteiger partial charge is 0.441 e. The van der Waals surface area contributed by atoms with E-state index in [0.29, 0.717) is 36.9 Å². The summed E-state index contributed by atoms with van der Waals surface area (Å²) >= 11 is 0. The first-order chi connectivity index (χ1) is 29.1. The van der Waals surface area contributed by atoms with Gasteiger partial charge in [-0.15, -0.1) is 0 Å². The van der Waals surface area contributed by atoms with Gasteiger partial charge in [0, 0.05) is 29.4 Å². The van der Waals surface area contributed by atoms with E-state index in [1.54, 1.807) is 4.90 Å². The maximum Gasteiger partial charge on any atom is 0.411 e. The van der Waals surface area contributed by atoms with Crippen LogP contribution in [-0.4, -0.2) is 78.1 Å². The van der Waals surface area contributed by atoms with E-state index in [9.17, 15) is 9.59 Å². The molecule has 2 amide bonds. The summed E-state index contributed by atoms with van der Waals surface area (Å²) in [5.74, 6) is -0.208. The van der Waals surface area contributed by atoms with Gasteiger partial charge in [0.05, 0.1) is 19.3 Å². The molecule has 4 saturated heterocycles. The average Bonchev–Trinajstić information content (AvgIpc) is 4.04. The summed E-state index contributed by atoms with van der Waals surface area (Å²) in [4.78, 5) is 33.1. The van der Waals surface area contributed by atoms with Crippen molar-refractivity contribution in [3.05, 3.63) is 72.3 Å². The third-order valence-corrected chi connectivity index (χ3v) is 15.9. The monoisotopic (exact) mass is 806 g/mol. The second-order valence-corrected chi connectivity index (χ2v) is 19.2. The third-order valence-electron chi connectivity index (χ3n) is 15.9. The van der Waals surface area contributed by atoms with E-state index < -0.39 is 54.1 Å². The van der Waals surface area contributed by atoms with Crippen molar-refractivity contribution < 1.29 is 33.3 Å². The number of amides is 2. The van der Waals surface area contributed by atoms with Gasteiger partial charge in [-0.1, -0.05) is 138 Å². The van der Waals surface area contributed by atoms with E-state index in [4.69, 9.17) is 23.7 Å². The molecule has 6 atom stereocenters. The van der Waals surface area contributed by atoms with Gasteiger partial charge in [0.2, 0.25) is 0 Å². The lowest BCUT2D eigenvalue weighted by molar-refractivity contribution is -0.261. The number of anilines is 1. The maximum atomic E-state index is 14.8. The van der Waals surface area contributed by atoms with Crippen LogP contribution < -0.4 is 4.90 Å². The highest BCUT2D eigenvalue weighted by molar-refractivity contribution is 6.08. The number of para-hydroxylation sites is 1. The zero-order chi connectivity index (χ0) is 39.8. The summed E-state index contributed by atoms with van der Waals surface area (Å²) in [7, 11) is 0.